The second-order valence-electron chi connectivity index (χ2n) is 4.25. The fraction of sp³-hybridized carbons (Fsp3) is 1.00. The first-order valence-electron chi connectivity index (χ1n) is 5.84. The summed E-state index contributed by atoms with van der Waals surface area (Å²) in [6.07, 6.45) is -2.54. The Bertz CT molecular complexity index is 171. The van der Waals surface area contributed by atoms with E-state index in [1.807, 2.05) is 6.92 Å². The fourth-order valence-electron chi connectivity index (χ4n) is 1.29. The highest BCUT2D eigenvalue weighted by Gasteiger charge is 2.27. The van der Waals surface area contributed by atoms with E-state index in [-0.39, 0.29) is 12.6 Å². The predicted octanol–water partition coefficient (Wildman–Crippen LogP) is 2.65. The molecule has 16 heavy (non-hydrogen) atoms. The standard InChI is InChI=1S/C11H23F3N2/c1-4-5-7-15-9-10(2)16(3)8-6-11(12,13)14/h10,15H,4-9H2,1-3H3. The summed E-state index contributed by atoms with van der Waals surface area (Å²) in [7, 11) is 1.73. The number of likely N-dealkylation sites (N-methyl/N-ethyl adjacent to an activating group) is 1. The molecule has 0 fully saturated rings. The van der Waals surface area contributed by atoms with Gasteiger partial charge in [-0.25, -0.2) is 0 Å². The molecule has 98 valence electrons. The number of rotatable bonds is 8. The van der Waals surface area contributed by atoms with E-state index in [4.69, 9.17) is 0 Å². The van der Waals surface area contributed by atoms with Crippen molar-refractivity contribution in [3.05, 3.63) is 0 Å². The molecular formula is C11H23F3N2. The maximum Gasteiger partial charge on any atom is 0.390 e. The summed E-state index contributed by atoms with van der Waals surface area (Å²) in [5.41, 5.74) is 0. The third kappa shape index (κ3) is 8.97. The smallest absolute Gasteiger partial charge is 0.315 e. The molecule has 0 aromatic heterocycles. The lowest BCUT2D eigenvalue weighted by atomic mass is 10.2. The summed E-state index contributed by atoms with van der Waals surface area (Å²) in [6, 6.07) is 0.138. The molecule has 0 spiro atoms. The van der Waals surface area contributed by atoms with Crippen LogP contribution in [-0.2, 0) is 0 Å². The Labute approximate surface area is 96.2 Å². The zero-order valence-electron chi connectivity index (χ0n) is 10.4. The van der Waals surface area contributed by atoms with Gasteiger partial charge in [0.15, 0.2) is 0 Å². The lowest BCUT2D eigenvalue weighted by Gasteiger charge is -2.25. The van der Waals surface area contributed by atoms with Crippen molar-refractivity contribution in [2.24, 2.45) is 0 Å². The van der Waals surface area contributed by atoms with Gasteiger partial charge >= 0.3 is 6.18 Å². The summed E-state index contributed by atoms with van der Waals surface area (Å²) < 4.78 is 36.0. The van der Waals surface area contributed by atoms with Crippen LogP contribution in [0.15, 0.2) is 0 Å². The van der Waals surface area contributed by atoms with Gasteiger partial charge < -0.3 is 10.2 Å². The Morgan fingerprint density at radius 2 is 1.94 bits per heavy atom. The summed E-state index contributed by atoms with van der Waals surface area (Å²) >= 11 is 0. The maximum absolute atomic E-state index is 12.0. The van der Waals surface area contributed by atoms with Crippen molar-refractivity contribution >= 4 is 0 Å². The van der Waals surface area contributed by atoms with Crippen molar-refractivity contribution in [2.75, 3.05) is 26.7 Å². The number of nitrogens with one attached hydrogen (secondary N) is 1. The minimum Gasteiger partial charge on any atom is -0.315 e. The molecule has 0 heterocycles. The van der Waals surface area contributed by atoms with Crippen LogP contribution in [-0.4, -0.2) is 43.8 Å². The molecule has 0 saturated carbocycles. The van der Waals surface area contributed by atoms with E-state index >= 15 is 0 Å². The second-order valence-corrected chi connectivity index (χ2v) is 4.25. The molecule has 0 aliphatic rings. The highest BCUT2D eigenvalue weighted by molar-refractivity contribution is 4.67. The molecule has 0 aromatic rings. The number of alkyl halides is 3. The average Bonchev–Trinajstić information content (AvgIpc) is 2.19. The van der Waals surface area contributed by atoms with Crippen LogP contribution in [0.5, 0.6) is 0 Å². The van der Waals surface area contributed by atoms with Gasteiger partial charge in [0.05, 0.1) is 6.42 Å². The minimum atomic E-state index is -4.05. The van der Waals surface area contributed by atoms with Crippen LogP contribution < -0.4 is 5.32 Å². The normalized spacial score (nSPS) is 14.4. The Hall–Kier alpha value is -0.290. The molecule has 1 N–H and O–H groups in total. The molecule has 5 heteroatoms. The predicted molar refractivity (Wildman–Crippen MR) is 60.5 cm³/mol. The average molecular weight is 240 g/mol. The van der Waals surface area contributed by atoms with Crippen LogP contribution in [0.2, 0.25) is 0 Å². The summed E-state index contributed by atoms with van der Waals surface area (Å²) in [4.78, 5) is 1.74. The van der Waals surface area contributed by atoms with Crippen LogP contribution in [0, 0.1) is 0 Å². The Kier molecular flexibility index (Phi) is 7.76. The summed E-state index contributed by atoms with van der Waals surface area (Å²) in [6.45, 7) is 5.80. The first-order chi connectivity index (χ1) is 7.37. The first kappa shape index (κ1) is 15.7. The van der Waals surface area contributed by atoms with E-state index in [1.165, 1.54) is 0 Å². The van der Waals surface area contributed by atoms with Gasteiger partial charge in [-0.1, -0.05) is 13.3 Å². The van der Waals surface area contributed by atoms with Gasteiger partial charge in [0, 0.05) is 19.1 Å². The second kappa shape index (κ2) is 7.90. The summed E-state index contributed by atoms with van der Waals surface area (Å²) in [5.74, 6) is 0. The maximum atomic E-state index is 12.0. The highest BCUT2D eigenvalue weighted by atomic mass is 19.4. The monoisotopic (exact) mass is 240 g/mol. The van der Waals surface area contributed by atoms with Crippen LogP contribution in [0.4, 0.5) is 13.2 Å². The van der Waals surface area contributed by atoms with Crippen LogP contribution in [0.3, 0.4) is 0 Å². The third-order valence-electron chi connectivity index (χ3n) is 2.65. The van der Waals surface area contributed by atoms with E-state index < -0.39 is 12.6 Å². The van der Waals surface area contributed by atoms with Gasteiger partial charge in [-0.05, 0) is 26.9 Å². The molecule has 0 aliphatic heterocycles. The van der Waals surface area contributed by atoms with Crippen molar-refractivity contribution in [1.82, 2.24) is 10.2 Å². The first-order valence-corrected chi connectivity index (χ1v) is 5.84. The van der Waals surface area contributed by atoms with Gasteiger partial charge in [0.1, 0.15) is 0 Å². The highest BCUT2D eigenvalue weighted by Crippen LogP contribution is 2.19. The SMILES string of the molecule is CCCCNCC(C)N(C)CCC(F)(F)F. The van der Waals surface area contributed by atoms with Crippen molar-refractivity contribution in [3.8, 4) is 0 Å². The lowest BCUT2D eigenvalue weighted by Crippen LogP contribution is -2.39. The topological polar surface area (TPSA) is 15.3 Å². The molecule has 0 rings (SSSR count). The molecular weight excluding hydrogens is 217 g/mol. The van der Waals surface area contributed by atoms with Crippen LogP contribution in [0.1, 0.15) is 33.1 Å². The van der Waals surface area contributed by atoms with Gasteiger partial charge in [-0.3, -0.25) is 0 Å². The Morgan fingerprint density at radius 1 is 1.31 bits per heavy atom. The van der Waals surface area contributed by atoms with Gasteiger partial charge in [0.2, 0.25) is 0 Å². The number of hydrogen-bond donors (Lipinski definition) is 1. The number of unbranched alkanes of at least 4 members (excludes halogenated alkanes) is 1. The number of nitrogens with zero attached hydrogens (tertiary/aromatic N) is 1. The van der Waals surface area contributed by atoms with Gasteiger partial charge in [0.25, 0.3) is 0 Å². The molecule has 1 unspecified atom stereocenters. The van der Waals surface area contributed by atoms with Crippen molar-refractivity contribution in [2.45, 2.75) is 45.3 Å². The minimum absolute atomic E-state index is 0.0696. The molecule has 0 aliphatic carbocycles. The Morgan fingerprint density at radius 3 is 2.44 bits per heavy atom. The molecule has 0 bridgehead atoms. The summed E-state index contributed by atoms with van der Waals surface area (Å²) in [5, 5.41) is 3.24. The zero-order valence-corrected chi connectivity index (χ0v) is 10.4. The van der Waals surface area contributed by atoms with Gasteiger partial charge in [-0.2, -0.15) is 13.2 Å². The van der Waals surface area contributed by atoms with E-state index in [1.54, 1.807) is 11.9 Å². The largest absolute Gasteiger partial charge is 0.390 e. The van der Waals surface area contributed by atoms with Crippen LogP contribution >= 0.6 is 0 Å². The van der Waals surface area contributed by atoms with Crippen molar-refractivity contribution < 1.29 is 13.2 Å². The quantitative estimate of drug-likeness (QED) is 0.656. The van der Waals surface area contributed by atoms with Crippen molar-refractivity contribution in [3.63, 3.8) is 0 Å². The number of halogens is 3. The molecule has 0 aromatic carbocycles. The van der Waals surface area contributed by atoms with Crippen molar-refractivity contribution in [1.29, 1.82) is 0 Å². The number of hydrogen-bond acceptors (Lipinski definition) is 2. The van der Waals surface area contributed by atoms with Crippen LogP contribution in [0.25, 0.3) is 0 Å². The van der Waals surface area contributed by atoms with Gasteiger partial charge in [-0.15, -0.1) is 0 Å². The fourth-order valence-corrected chi connectivity index (χ4v) is 1.29. The molecule has 0 radical (unpaired) electrons. The van der Waals surface area contributed by atoms with E-state index in [2.05, 4.69) is 12.2 Å². The molecule has 2 nitrogen and oxygen atoms in total. The zero-order chi connectivity index (χ0) is 12.6. The molecule has 0 amide bonds. The lowest BCUT2D eigenvalue weighted by molar-refractivity contribution is -0.138. The van der Waals surface area contributed by atoms with E-state index in [0.717, 1.165) is 25.9 Å². The Balaban J connectivity index is 3.61. The van der Waals surface area contributed by atoms with E-state index in [9.17, 15) is 13.2 Å². The third-order valence-corrected chi connectivity index (χ3v) is 2.65. The molecule has 1 atom stereocenters. The van der Waals surface area contributed by atoms with E-state index in [0.29, 0.717) is 0 Å². The molecule has 0 saturated heterocycles.